The molecule has 168 valence electrons. The molecule has 0 atom stereocenters. The molecule has 3 heterocycles. The standard InChI is InChI=1S/C19H10Cl2F2N6O4/c20-7-1-2-8(9(21)3-7)15(30)28-17-24-6-12(27-17)16(31)29-18-25-10-4-13-14(5-11(10)26-18)33-19(22,23)32-13/h1-5H,6H2,(H,24,28,30)(H2,25,26,29,31). The number of ether oxygens (including phenoxy) is 2. The minimum Gasteiger partial charge on any atom is -0.395 e. The molecule has 0 fully saturated rings. The predicted octanol–water partition coefficient (Wildman–Crippen LogP) is 3.37. The van der Waals surface area contributed by atoms with Gasteiger partial charge in [0.05, 0.1) is 28.2 Å². The number of nitrogens with one attached hydrogen (secondary N) is 3. The number of halogens is 4. The Morgan fingerprint density at radius 3 is 2.58 bits per heavy atom. The highest BCUT2D eigenvalue weighted by molar-refractivity contribution is 6.46. The molecule has 0 saturated heterocycles. The van der Waals surface area contributed by atoms with Gasteiger partial charge in [0.1, 0.15) is 5.71 Å². The van der Waals surface area contributed by atoms with Crippen molar-refractivity contribution >= 4 is 63.7 Å². The Bertz CT molecular complexity index is 1360. The van der Waals surface area contributed by atoms with Crippen molar-refractivity contribution in [3.05, 3.63) is 45.9 Å². The number of aromatic amines is 1. The SMILES string of the molecule is O=C(Nc1nc2cc3c(cc2[nH]1)OC(F)(F)O3)C1=NC(NC(=O)c2ccc(Cl)cc2Cl)=NC1. The van der Waals surface area contributed by atoms with Gasteiger partial charge in [-0.15, -0.1) is 8.78 Å². The van der Waals surface area contributed by atoms with Crippen molar-refractivity contribution in [1.82, 2.24) is 15.3 Å². The summed E-state index contributed by atoms with van der Waals surface area (Å²) >= 11 is 11.8. The molecule has 2 amide bonds. The molecule has 0 radical (unpaired) electrons. The summed E-state index contributed by atoms with van der Waals surface area (Å²) < 4.78 is 35.1. The van der Waals surface area contributed by atoms with Crippen LogP contribution in [0.25, 0.3) is 11.0 Å². The van der Waals surface area contributed by atoms with Crippen molar-refractivity contribution in [1.29, 1.82) is 0 Å². The Kier molecular flexibility index (Phi) is 4.91. The lowest BCUT2D eigenvalue weighted by Crippen LogP contribution is -2.29. The largest absolute Gasteiger partial charge is 0.586 e. The minimum atomic E-state index is -3.75. The van der Waals surface area contributed by atoms with Crippen LogP contribution in [-0.4, -0.2) is 46.3 Å². The average Bonchev–Trinajstić information content (AvgIpc) is 3.40. The van der Waals surface area contributed by atoms with Crippen LogP contribution in [0, 0.1) is 0 Å². The Morgan fingerprint density at radius 1 is 1.06 bits per heavy atom. The summed E-state index contributed by atoms with van der Waals surface area (Å²) in [5.41, 5.74) is 0.782. The van der Waals surface area contributed by atoms with Crippen LogP contribution in [0.3, 0.4) is 0 Å². The van der Waals surface area contributed by atoms with Gasteiger partial charge < -0.3 is 14.5 Å². The van der Waals surface area contributed by atoms with Crippen molar-refractivity contribution in [2.75, 3.05) is 11.9 Å². The third-order valence-corrected chi connectivity index (χ3v) is 5.07. The van der Waals surface area contributed by atoms with Crippen molar-refractivity contribution in [3.63, 3.8) is 0 Å². The van der Waals surface area contributed by atoms with Gasteiger partial charge in [0.15, 0.2) is 11.5 Å². The summed E-state index contributed by atoms with van der Waals surface area (Å²) in [7, 11) is 0. The number of benzene rings is 2. The molecule has 0 saturated carbocycles. The third kappa shape index (κ3) is 4.17. The quantitative estimate of drug-likeness (QED) is 0.513. The fraction of sp³-hybridized carbons (Fsp3) is 0.105. The van der Waals surface area contributed by atoms with Crippen molar-refractivity contribution in [2.45, 2.75) is 6.29 Å². The molecule has 0 spiro atoms. The van der Waals surface area contributed by atoms with Crippen LogP contribution >= 0.6 is 23.2 Å². The van der Waals surface area contributed by atoms with Crippen LogP contribution < -0.4 is 20.1 Å². The van der Waals surface area contributed by atoms with E-state index in [0.717, 1.165) is 0 Å². The number of amides is 2. The van der Waals surface area contributed by atoms with E-state index in [1.165, 1.54) is 30.3 Å². The first kappa shape index (κ1) is 21.1. The van der Waals surface area contributed by atoms with Gasteiger partial charge >= 0.3 is 6.29 Å². The smallest absolute Gasteiger partial charge is 0.395 e. The molecule has 2 aromatic carbocycles. The van der Waals surface area contributed by atoms with Crippen LogP contribution in [-0.2, 0) is 4.79 Å². The molecule has 1 aromatic heterocycles. The maximum Gasteiger partial charge on any atom is 0.586 e. The molecular formula is C19H10Cl2F2N6O4. The summed E-state index contributed by atoms with van der Waals surface area (Å²) in [6, 6.07) is 6.90. The molecule has 10 nitrogen and oxygen atoms in total. The Morgan fingerprint density at radius 2 is 1.82 bits per heavy atom. The van der Waals surface area contributed by atoms with Gasteiger partial charge in [-0.25, -0.2) is 15.0 Å². The van der Waals surface area contributed by atoms with E-state index >= 15 is 0 Å². The number of rotatable bonds is 3. The fourth-order valence-electron chi connectivity index (χ4n) is 3.07. The maximum atomic E-state index is 13.2. The zero-order chi connectivity index (χ0) is 23.3. The third-order valence-electron chi connectivity index (χ3n) is 4.52. The van der Waals surface area contributed by atoms with E-state index in [9.17, 15) is 18.4 Å². The second-order valence-corrected chi connectivity index (χ2v) is 7.64. The first-order chi connectivity index (χ1) is 15.7. The topological polar surface area (TPSA) is 130 Å². The lowest BCUT2D eigenvalue weighted by molar-refractivity contribution is -0.286. The number of fused-ring (bicyclic) bond motifs is 2. The molecule has 0 unspecified atom stereocenters. The lowest BCUT2D eigenvalue weighted by Gasteiger charge is -2.05. The molecule has 3 N–H and O–H groups in total. The van der Waals surface area contributed by atoms with Crippen LogP contribution in [0.15, 0.2) is 40.3 Å². The Labute approximate surface area is 192 Å². The van der Waals surface area contributed by atoms with Gasteiger partial charge in [-0.05, 0) is 18.2 Å². The average molecular weight is 495 g/mol. The number of imidazole rings is 1. The second kappa shape index (κ2) is 7.67. The molecule has 5 rings (SSSR count). The molecule has 0 aliphatic carbocycles. The normalized spacial score (nSPS) is 15.9. The highest BCUT2D eigenvalue weighted by atomic mass is 35.5. The number of guanidine groups is 1. The van der Waals surface area contributed by atoms with Gasteiger partial charge in [-0.3, -0.25) is 20.2 Å². The molecule has 33 heavy (non-hydrogen) atoms. The number of aromatic nitrogens is 2. The van der Waals surface area contributed by atoms with Gasteiger partial charge in [-0.2, -0.15) is 0 Å². The zero-order valence-electron chi connectivity index (χ0n) is 16.1. The van der Waals surface area contributed by atoms with Crippen molar-refractivity contribution < 1.29 is 27.8 Å². The monoisotopic (exact) mass is 494 g/mol. The van der Waals surface area contributed by atoms with Gasteiger partial charge in [0.25, 0.3) is 11.8 Å². The van der Waals surface area contributed by atoms with E-state index in [4.69, 9.17) is 23.2 Å². The predicted molar refractivity (Wildman–Crippen MR) is 115 cm³/mol. The molecule has 3 aromatic rings. The fourth-order valence-corrected chi connectivity index (χ4v) is 3.57. The van der Waals surface area contributed by atoms with E-state index in [2.05, 4.69) is 40.1 Å². The van der Waals surface area contributed by atoms with E-state index in [1.54, 1.807) is 0 Å². The van der Waals surface area contributed by atoms with Crippen LogP contribution in [0.5, 0.6) is 11.5 Å². The van der Waals surface area contributed by atoms with Crippen LogP contribution in [0.2, 0.25) is 10.0 Å². The van der Waals surface area contributed by atoms with E-state index in [-0.39, 0.29) is 51.8 Å². The molecule has 14 heteroatoms. The molecule has 2 aliphatic rings. The second-order valence-electron chi connectivity index (χ2n) is 6.80. The van der Waals surface area contributed by atoms with Crippen molar-refractivity contribution in [3.8, 4) is 11.5 Å². The van der Waals surface area contributed by atoms with Crippen LogP contribution in [0.4, 0.5) is 14.7 Å². The van der Waals surface area contributed by atoms with E-state index in [1.807, 2.05) is 0 Å². The number of H-pyrrole nitrogens is 1. The van der Waals surface area contributed by atoms with Gasteiger partial charge in [-0.1, -0.05) is 23.2 Å². The lowest BCUT2D eigenvalue weighted by atomic mass is 10.2. The highest BCUT2D eigenvalue weighted by Gasteiger charge is 2.43. The number of anilines is 1. The first-order valence-corrected chi connectivity index (χ1v) is 9.92. The van der Waals surface area contributed by atoms with Gasteiger partial charge in [0.2, 0.25) is 11.9 Å². The number of carbonyl (C=O) groups excluding carboxylic acids is 2. The molecular weight excluding hydrogens is 485 g/mol. The number of nitrogens with zero attached hydrogens (tertiary/aromatic N) is 3. The highest BCUT2D eigenvalue weighted by Crippen LogP contribution is 2.42. The maximum absolute atomic E-state index is 13.2. The summed E-state index contributed by atoms with van der Waals surface area (Å²) in [5, 5.41) is 5.48. The molecule has 0 bridgehead atoms. The summed E-state index contributed by atoms with van der Waals surface area (Å²) in [6.45, 7) is -0.0823. The summed E-state index contributed by atoms with van der Waals surface area (Å²) in [6.07, 6.45) is -3.75. The number of aliphatic imine (C=N–C) groups is 2. The van der Waals surface area contributed by atoms with E-state index in [0.29, 0.717) is 10.5 Å². The Balaban J connectivity index is 1.26. The molecule has 2 aliphatic heterocycles. The van der Waals surface area contributed by atoms with Crippen LogP contribution in [0.1, 0.15) is 10.4 Å². The van der Waals surface area contributed by atoms with Crippen molar-refractivity contribution in [2.24, 2.45) is 9.98 Å². The minimum absolute atomic E-state index is 0.0155. The number of hydrogen-bond donors (Lipinski definition) is 3. The number of alkyl halides is 2. The van der Waals surface area contributed by atoms with Gasteiger partial charge in [0, 0.05) is 17.2 Å². The summed E-state index contributed by atoms with van der Waals surface area (Å²) in [4.78, 5) is 39.8. The Hall–Kier alpha value is -3.77. The number of carbonyl (C=O) groups is 2. The first-order valence-electron chi connectivity index (χ1n) is 9.16. The zero-order valence-corrected chi connectivity index (χ0v) is 17.6. The van der Waals surface area contributed by atoms with E-state index < -0.39 is 18.1 Å². The summed E-state index contributed by atoms with van der Waals surface area (Å²) in [5.74, 6) is -1.55. The number of hydrogen-bond acceptors (Lipinski definition) is 7.